The zero-order valence-electron chi connectivity index (χ0n) is 11.1. The quantitative estimate of drug-likeness (QED) is 0.857. The summed E-state index contributed by atoms with van der Waals surface area (Å²) in [6.45, 7) is 2.73. The third-order valence-electron chi connectivity index (χ3n) is 2.67. The van der Waals surface area contributed by atoms with E-state index in [1.54, 1.807) is 18.4 Å². The van der Waals surface area contributed by atoms with Crippen LogP contribution in [0, 0.1) is 6.92 Å². The van der Waals surface area contributed by atoms with Crippen LogP contribution < -0.4 is 4.90 Å². The number of nitrogens with zero attached hydrogens (tertiary/aromatic N) is 3. The standard InChI is InChI=1S/C12H16ClN3O2S/c1-7-4-9-10(14-12(13)15-11(9)19-7)16(2)5-8(17)6-18-3/h4,8,17H,5-6H2,1-3H3. The summed E-state index contributed by atoms with van der Waals surface area (Å²) in [6.07, 6.45) is -0.571. The lowest BCUT2D eigenvalue weighted by molar-refractivity contribution is 0.0694. The van der Waals surface area contributed by atoms with Crippen LogP contribution in [0.3, 0.4) is 0 Å². The minimum Gasteiger partial charge on any atom is -0.389 e. The van der Waals surface area contributed by atoms with Gasteiger partial charge in [-0.25, -0.2) is 4.98 Å². The van der Waals surface area contributed by atoms with Gasteiger partial charge in [-0.2, -0.15) is 4.98 Å². The molecule has 1 N–H and O–H groups in total. The van der Waals surface area contributed by atoms with E-state index in [1.807, 2.05) is 24.9 Å². The van der Waals surface area contributed by atoms with Gasteiger partial charge in [-0.1, -0.05) is 0 Å². The van der Waals surface area contributed by atoms with Gasteiger partial charge in [0, 0.05) is 25.6 Å². The molecule has 0 spiro atoms. The number of likely N-dealkylation sites (N-methyl/N-ethyl adjacent to an activating group) is 1. The molecular formula is C12H16ClN3O2S. The number of aryl methyl sites for hydroxylation is 1. The predicted molar refractivity (Wildman–Crippen MR) is 78.3 cm³/mol. The van der Waals surface area contributed by atoms with Crippen LogP contribution in [-0.2, 0) is 4.74 Å². The molecule has 0 saturated heterocycles. The molecule has 0 fully saturated rings. The first kappa shape index (κ1) is 14.5. The Balaban J connectivity index is 2.32. The minimum atomic E-state index is -0.571. The summed E-state index contributed by atoms with van der Waals surface area (Å²) in [7, 11) is 3.43. The van der Waals surface area contributed by atoms with Gasteiger partial charge in [0.15, 0.2) is 0 Å². The van der Waals surface area contributed by atoms with Crippen LogP contribution in [0.25, 0.3) is 10.2 Å². The number of methoxy groups -OCH3 is 1. The highest BCUT2D eigenvalue weighted by atomic mass is 35.5. The summed E-state index contributed by atoms with van der Waals surface area (Å²) < 4.78 is 4.92. The molecule has 0 radical (unpaired) electrons. The fraction of sp³-hybridized carbons (Fsp3) is 0.500. The summed E-state index contributed by atoms with van der Waals surface area (Å²) in [4.78, 5) is 12.4. The van der Waals surface area contributed by atoms with Crippen molar-refractivity contribution in [2.24, 2.45) is 0 Å². The number of anilines is 1. The third-order valence-corrected chi connectivity index (χ3v) is 3.79. The van der Waals surface area contributed by atoms with E-state index in [2.05, 4.69) is 9.97 Å². The van der Waals surface area contributed by atoms with Gasteiger partial charge in [0.05, 0.1) is 18.1 Å². The fourth-order valence-corrected chi connectivity index (χ4v) is 3.03. The highest BCUT2D eigenvalue weighted by Crippen LogP contribution is 2.31. The molecule has 0 aliphatic carbocycles. The first-order chi connectivity index (χ1) is 9.01. The van der Waals surface area contributed by atoms with Gasteiger partial charge in [-0.05, 0) is 24.6 Å². The molecule has 0 bridgehead atoms. The molecule has 19 heavy (non-hydrogen) atoms. The number of halogens is 1. The molecule has 2 heterocycles. The number of fused-ring (bicyclic) bond motifs is 1. The van der Waals surface area contributed by atoms with Gasteiger partial charge in [-0.3, -0.25) is 0 Å². The van der Waals surface area contributed by atoms with Gasteiger partial charge >= 0.3 is 0 Å². The molecule has 5 nitrogen and oxygen atoms in total. The zero-order valence-corrected chi connectivity index (χ0v) is 12.6. The van der Waals surface area contributed by atoms with E-state index in [-0.39, 0.29) is 11.9 Å². The topological polar surface area (TPSA) is 58.5 Å². The van der Waals surface area contributed by atoms with Gasteiger partial charge in [0.2, 0.25) is 5.28 Å². The molecule has 1 unspecified atom stereocenters. The summed E-state index contributed by atoms with van der Waals surface area (Å²) in [5.74, 6) is 0.731. The molecule has 0 amide bonds. The first-order valence-corrected chi connectivity index (χ1v) is 7.02. The molecular weight excluding hydrogens is 286 g/mol. The highest BCUT2D eigenvalue weighted by molar-refractivity contribution is 7.18. The third kappa shape index (κ3) is 3.33. The van der Waals surface area contributed by atoms with Crippen molar-refractivity contribution in [3.8, 4) is 0 Å². The lowest BCUT2D eigenvalue weighted by Gasteiger charge is -2.22. The van der Waals surface area contributed by atoms with E-state index in [0.29, 0.717) is 6.54 Å². The normalized spacial score (nSPS) is 12.9. The number of aromatic nitrogens is 2. The number of hydrogen-bond donors (Lipinski definition) is 1. The van der Waals surface area contributed by atoms with Gasteiger partial charge in [-0.15, -0.1) is 11.3 Å². The van der Waals surface area contributed by atoms with E-state index in [1.165, 1.54) is 0 Å². The van der Waals surface area contributed by atoms with Crippen molar-refractivity contribution in [2.45, 2.75) is 13.0 Å². The van der Waals surface area contributed by atoms with E-state index >= 15 is 0 Å². The maximum Gasteiger partial charge on any atom is 0.225 e. The second-order valence-electron chi connectivity index (χ2n) is 4.38. The molecule has 2 aromatic rings. The largest absolute Gasteiger partial charge is 0.389 e. The smallest absolute Gasteiger partial charge is 0.225 e. The second kappa shape index (κ2) is 6.00. The molecule has 0 aliphatic heterocycles. The first-order valence-electron chi connectivity index (χ1n) is 5.83. The molecule has 1 atom stereocenters. The Kier molecular flexibility index (Phi) is 4.57. The second-order valence-corrected chi connectivity index (χ2v) is 5.95. The van der Waals surface area contributed by atoms with Crippen molar-refractivity contribution in [3.05, 3.63) is 16.2 Å². The zero-order chi connectivity index (χ0) is 14.0. The molecule has 2 rings (SSSR count). The SMILES string of the molecule is COCC(O)CN(C)c1nc(Cl)nc2sc(C)cc12. The summed E-state index contributed by atoms with van der Waals surface area (Å²) in [6, 6.07) is 2.03. The molecule has 0 aromatic carbocycles. The molecule has 0 aliphatic rings. The maximum absolute atomic E-state index is 9.79. The Labute approximate surface area is 120 Å². The van der Waals surface area contributed by atoms with E-state index < -0.39 is 6.10 Å². The lowest BCUT2D eigenvalue weighted by atomic mass is 10.3. The lowest BCUT2D eigenvalue weighted by Crippen LogP contribution is -2.32. The van der Waals surface area contributed by atoms with Crippen molar-refractivity contribution in [1.29, 1.82) is 0 Å². The number of aliphatic hydroxyl groups is 1. The van der Waals surface area contributed by atoms with Crippen molar-refractivity contribution in [3.63, 3.8) is 0 Å². The van der Waals surface area contributed by atoms with Crippen LogP contribution >= 0.6 is 22.9 Å². The number of hydrogen-bond acceptors (Lipinski definition) is 6. The Morgan fingerprint density at radius 1 is 1.53 bits per heavy atom. The number of aliphatic hydroxyl groups excluding tert-OH is 1. The van der Waals surface area contributed by atoms with Crippen molar-refractivity contribution >= 4 is 39.0 Å². The Hall–Kier alpha value is -0.950. The average molecular weight is 302 g/mol. The van der Waals surface area contributed by atoms with Gasteiger partial charge < -0.3 is 14.7 Å². The average Bonchev–Trinajstić information content (AvgIpc) is 2.68. The van der Waals surface area contributed by atoms with Crippen LogP contribution in [0.2, 0.25) is 5.28 Å². The monoisotopic (exact) mass is 301 g/mol. The van der Waals surface area contributed by atoms with E-state index in [4.69, 9.17) is 16.3 Å². The minimum absolute atomic E-state index is 0.220. The van der Waals surface area contributed by atoms with Gasteiger partial charge in [0.1, 0.15) is 10.6 Å². The molecule has 104 valence electrons. The molecule has 7 heteroatoms. The van der Waals surface area contributed by atoms with Crippen molar-refractivity contribution in [2.75, 3.05) is 32.2 Å². The van der Waals surface area contributed by atoms with E-state index in [9.17, 15) is 5.11 Å². The number of thiophene rings is 1. The Morgan fingerprint density at radius 3 is 2.95 bits per heavy atom. The summed E-state index contributed by atoms with van der Waals surface area (Å²) in [5, 5.41) is 11.0. The van der Waals surface area contributed by atoms with Crippen molar-refractivity contribution < 1.29 is 9.84 Å². The van der Waals surface area contributed by atoms with Gasteiger partial charge in [0.25, 0.3) is 0 Å². The number of rotatable bonds is 5. The fourth-order valence-electron chi connectivity index (χ4n) is 1.94. The van der Waals surface area contributed by atoms with E-state index in [0.717, 1.165) is 20.9 Å². The maximum atomic E-state index is 9.79. The summed E-state index contributed by atoms with van der Waals surface area (Å²) in [5.41, 5.74) is 0. The van der Waals surface area contributed by atoms with Crippen LogP contribution in [0.5, 0.6) is 0 Å². The van der Waals surface area contributed by atoms with Crippen LogP contribution in [0.15, 0.2) is 6.07 Å². The predicted octanol–water partition coefficient (Wildman–Crippen LogP) is 2.10. The molecule has 0 saturated carbocycles. The number of ether oxygens (including phenoxy) is 1. The van der Waals surface area contributed by atoms with Crippen LogP contribution in [-0.4, -0.2) is 48.5 Å². The van der Waals surface area contributed by atoms with Crippen LogP contribution in [0.4, 0.5) is 5.82 Å². The Bertz CT molecular complexity index is 575. The summed E-state index contributed by atoms with van der Waals surface area (Å²) >= 11 is 7.52. The van der Waals surface area contributed by atoms with Crippen molar-refractivity contribution in [1.82, 2.24) is 9.97 Å². The Morgan fingerprint density at radius 2 is 2.26 bits per heavy atom. The highest BCUT2D eigenvalue weighted by Gasteiger charge is 2.15. The van der Waals surface area contributed by atoms with Crippen LogP contribution in [0.1, 0.15) is 4.88 Å². The molecule has 2 aromatic heterocycles.